The molecule has 0 amide bonds. The van der Waals surface area contributed by atoms with Gasteiger partial charge in [0.25, 0.3) is 0 Å². The molecular weight excluding hydrogens is 641 g/mol. The fraction of sp³-hybridized carbons (Fsp3) is 0.333. The van der Waals surface area contributed by atoms with Crippen molar-refractivity contribution in [3.63, 3.8) is 0 Å². The second kappa shape index (κ2) is 18.5. The van der Waals surface area contributed by atoms with Crippen LogP contribution in [0.15, 0.2) is 123 Å². The Morgan fingerprint density at radius 2 is 0.846 bits per heavy atom. The molecule has 0 bridgehead atoms. The molecule has 4 aromatic carbocycles. The van der Waals surface area contributed by atoms with Crippen LogP contribution in [0, 0.1) is 0 Å². The van der Waals surface area contributed by atoms with E-state index in [1.165, 1.54) is 22.3 Å². The van der Waals surface area contributed by atoms with Crippen molar-refractivity contribution in [2.45, 2.75) is 89.9 Å². The molecule has 0 atom stereocenters. The average molecular weight is 699 g/mol. The van der Waals surface area contributed by atoms with Crippen LogP contribution in [0.1, 0.15) is 97.9 Å². The summed E-state index contributed by atoms with van der Waals surface area (Å²) in [6, 6.07) is 24.5. The van der Waals surface area contributed by atoms with Crippen LogP contribution < -0.4 is 9.47 Å². The second-order valence-corrected chi connectivity index (χ2v) is 14.7. The number of aromatic hydroxyl groups is 2. The van der Waals surface area contributed by atoms with Crippen molar-refractivity contribution in [2.75, 3.05) is 13.2 Å². The highest BCUT2D eigenvalue weighted by Crippen LogP contribution is 2.39. The largest absolute Gasteiger partial charge is 0.508 e. The van der Waals surface area contributed by atoms with Crippen LogP contribution in [0.4, 0.5) is 0 Å². The summed E-state index contributed by atoms with van der Waals surface area (Å²) in [5.41, 5.74) is 8.36. The summed E-state index contributed by atoms with van der Waals surface area (Å²) in [4.78, 5) is 0. The van der Waals surface area contributed by atoms with Crippen molar-refractivity contribution in [1.29, 1.82) is 0 Å². The van der Waals surface area contributed by atoms with E-state index in [9.17, 15) is 10.2 Å². The molecule has 0 saturated carbocycles. The molecule has 0 unspecified atom stereocenters. The van der Waals surface area contributed by atoms with Gasteiger partial charge in [-0.25, -0.2) is 0 Å². The molecule has 4 aromatic rings. The summed E-state index contributed by atoms with van der Waals surface area (Å²) in [6.07, 6.45) is 14.3. The lowest BCUT2D eigenvalue weighted by molar-refractivity contribution is 0.287. The molecule has 0 aliphatic rings. The Morgan fingerprint density at radius 1 is 0.481 bits per heavy atom. The summed E-state index contributed by atoms with van der Waals surface area (Å²) in [5.74, 6) is 2.36. The lowest BCUT2D eigenvalue weighted by Crippen LogP contribution is -2.21. The summed E-state index contributed by atoms with van der Waals surface area (Å²) < 4.78 is 12.4. The maximum Gasteiger partial charge on any atom is 0.119 e. The number of unbranched alkanes of at least 4 members (excludes halogenated alkanes) is 3. The smallest absolute Gasteiger partial charge is 0.119 e. The molecule has 0 aliphatic heterocycles. The molecule has 4 rings (SSSR count). The van der Waals surface area contributed by atoms with E-state index in [-0.39, 0.29) is 10.8 Å². The van der Waals surface area contributed by atoms with Gasteiger partial charge < -0.3 is 19.7 Å². The monoisotopic (exact) mass is 698 g/mol. The predicted octanol–water partition coefficient (Wildman–Crippen LogP) is 11.7. The Hall–Kier alpha value is -4.96. The number of hydrogen-bond donors (Lipinski definition) is 2. The van der Waals surface area contributed by atoms with Crippen molar-refractivity contribution in [3.8, 4) is 23.0 Å². The highest BCUT2D eigenvalue weighted by atomic mass is 16.5. The van der Waals surface area contributed by atoms with Gasteiger partial charge in [0.1, 0.15) is 23.0 Å². The molecule has 0 aromatic heterocycles. The van der Waals surface area contributed by atoms with Crippen LogP contribution in [0.5, 0.6) is 23.0 Å². The SMILES string of the molecule is C=CCc1cc(C(C)(C)c2ccc(OCCCCCCOc3ccc(C(C)(C)c4ccc(O)c(CC=C)c4)c(CC=C)c3)cc2CC=C)ccc1O. The highest BCUT2D eigenvalue weighted by molar-refractivity contribution is 5.50. The topological polar surface area (TPSA) is 58.9 Å². The number of phenols is 2. The molecule has 0 spiro atoms. The van der Waals surface area contributed by atoms with E-state index in [1.807, 2.05) is 36.4 Å². The number of benzene rings is 4. The number of allylic oxidation sites excluding steroid dienone is 4. The zero-order chi connectivity index (χ0) is 37.7. The fourth-order valence-electron chi connectivity index (χ4n) is 7.02. The first-order valence-corrected chi connectivity index (χ1v) is 18.6. The summed E-state index contributed by atoms with van der Waals surface area (Å²) >= 11 is 0. The second-order valence-electron chi connectivity index (χ2n) is 14.7. The average Bonchev–Trinajstić information content (AvgIpc) is 3.11. The first-order chi connectivity index (χ1) is 25.0. The minimum Gasteiger partial charge on any atom is -0.508 e. The van der Waals surface area contributed by atoms with Crippen molar-refractivity contribution >= 4 is 0 Å². The summed E-state index contributed by atoms with van der Waals surface area (Å²) in [7, 11) is 0. The molecule has 0 saturated heterocycles. The Kier molecular flexibility index (Phi) is 14.2. The van der Waals surface area contributed by atoms with Gasteiger partial charge in [-0.3, -0.25) is 0 Å². The molecule has 0 fully saturated rings. The van der Waals surface area contributed by atoms with Gasteiger partial charge in [-0.2, -0.15) is 0 Å². The molecule has 4 heteroatoms. The normalized spacial score (nSPS) is 11.5. The first-order valence-electron chi connectivity index (χ1n) is 18.6. The van der Waals surface area contributed by atoms with Crippen LogP contribution in [-0.2, 0) is 36.5 Å². The number of rotatable bonds is 21. The zero-order valence-corrected chi connectivity index (χ0v) is 31.8. The van der Waals surface area contributed by atoms with E-state index in [2.05, 4.69) is 103 Å². The summed E-state index contributed by atoms with van der Waals surface area (Å²) in [5, 5.41) is 20.6. The van der Waals surface area contributed by atoms with Crippen LogP contribution >= 0.6 is 0 Å². The van der Waals surface area contributed by atoms with E-state index in [4.69, 9.17) is 9.47 Å². The van der Waals surface area contributed by atoms with Crippen LogP contribution in [0.25, 0.3) is 0 Å². The lowest BCUT2D eigenvalue weighted by Gasteiger charge is -2.29. The van der Waals surface area contributed by atoms with Crippen molar-refractivity contribution in [1.82, 2.24) is 0 Å². The van der Waals surface area contributed by atoms with Gasteiger partial charge in [0.15, 0.2) is 0 Å². The first kappa shape index (κ1) is 39.8. The third-order valence-corrected chi connectivity index (χ3v) is 10.1. The fourth-order valence-corrected chi connectivity index (χ4v) is 7.02. The van der Waals surface area contributed by atoms with Crippen molar-refractivity contribution in [3.05, 3.63) is 168 Å². The minimum absolute atomic E-state index is 0.266. The van der Waals surface area contributed by atoms with Gasteiger partial charge in [-0.1, -0.05) is 88.4 Å². The third-order valence-electron chi connectivity index (χ3n) is 10.1. The van der Waals surface area contributed by atoms with Crippen molar-refractivity contribution in [2.24, 2.45) is 0 Å². The Morgan fingerprint density at radius 3 is 1.21 bits per heavy atom. The van der Waals surface area contributed by atoms with Gasteiger partial charge in [-0.05, 0) is 132 Å². The van der Waals surface area contributed by atoms with Crippen LogP contribution in [-0.4, -0.2) is 23.4 Å². The van der Waals surface area contributed by atoms with E-state index in [0.29, 0.717) is 37.6 Å². The quantitative estimate of drug-likeness (QED) is 0.0672. The number of hydrogen-bond acceptors (Lipinski definition) is 4. The van der Waals surface area contributed by atoms with E-state index in [1.54, 1.807) is 12.1 Å². The molecule has 0 heterocycles. The van der Waals surface area contributed by atoms with Crippen LogP contribution in [0.3, 0.4) is 0 Å². The lowest BCUT2D eigenvalue weighted by atomic mass is 9.75. The van der Waals surface area contributed by atoms with E-state index < -0.39 is 0 Å². The maximum absolute atomic E-state index is 10.3. The molecule has 0 aliphatic carbocycles. The molecule has 4 nitrogen and oxygen atoms in total. The standard InChI is InChI=1S/C48H58O4/c1-9-17-35-33-41(23-25-43(35)47(5,6)39-21-27-45(49)37(31-39)19-11-3)51-29-15-13-14-16-30-52-42-24-26-44(36(34-42)18-10-2)48(7,8)40-22-28-46(50)38(32-40)20-12-4/h9-12,21-28,31-34,49-50H,1-4,13-20,29-30H2,5-8H3. The third kappa shape index (κ3) is 9.88. The highest BCUT2D eigenvalue weighted by Gasteiger charge is 2.28. The van der Waals surface area contributed by atoms with Gasteiger partial charge in [0, 0.05) is 10.8 Å². The number of ether oxygens (including phenoxy) is 2. The minimum atomic E-state index is -0.266. The van der Waals surface area contributed by atoms with Crippen LogP contribution in [0.2, 0.25) is 0 Å². The maximum atomic E-state index is 10.3. The molecule has 52 heavy (non-hydrogen) atoms. The Bertz CT molecular complexity index is 1710. The zero-order valence-electron chi connectivity index (χ0n) is 31.8. The van der Waals surface area contributed by atoms with Gasteiger partial charge in [0.2, 0.25) is 0 Å². The molecule has 0 radical (unpaired) electrons. The van der Waals surface area contributed by atoms with Gasteiger partial charge in [-0.15, -0.1) is 26.3 Å². The Balaban J connectivity index is 1.28. The molecule has 274 valence electrons. The van der Waals surface area contributed by atoms with Gasteiger partial charge in [0.05, 0.1) is 13.2 Å². The molecular formula is C48H58O4. The molecule has 2 N–H and O–H groups in total. The number of phenolic OH excluding ortho intramolecular Hbond substituents is 2. The van der Waals surface area contributed by atoms with Crippen molar-refractivity contribution < 1.29 is 19.7 Å². The van der Waals surface area contributed by atoms with E-state index >= 15 is 0 Å². The Labute approximate surface area is 312 Å². The van der Waals surface area contributed by atoms with Gasteiger partial charge >= 0.3 is 0 Å². The van der Waals surface area contributed by atoms with E-state index in [0.717, 1.165) is 72.3 Å². The predicted molar refractivity (Wildman–Crippen MR) is 218 cm³/mol. The summed E-state index contributed by atoms with van der Waals surface area (Å²) in [6.45, 7) is 25.9.